The van der Waals surface area contributed by atoms with Crippen molar-refractivity contribution in [1.82, 2.24) is 14.9 Å². The van der Waals surface area contributed by atoms with Gasteiger partial charge in [-0.25, -0.2) is 4.98 Å². The van der Waals surface area contributed by atoms with Crippen LogP contribution >= 0.6 is 27.3 Å². The van der Waals surface area contributed by atoms with Crippen molar-refractivity contribution >= 4 is 38.3 Å². The maximum atomic E-state index is 12.6. The number of rotatable bonds is 2. The Balaban J connectivity index is 1.68. The van der Waals surface area contributed by atoms with Crippen LogP contribution in [0.5, 0.6) is 0 Å². The van der Waals surface area contributed by atoms with Gasteiger partial charge in [-0.05, 0) is 35.3 Å². The molecule has 3 heterocycles. The minimum Gasteiger partial charge on any atom is -0.346 e. The van der Waals surface area contributed by atoms with E-state index in [1.54, 1.807) is 23.7 Å². The highest BCUT2D eigenvalue weighted by Gasteiger charge is 2.21. The van der Waals surface area contributed by atoms with E-state index in [1.807, 2.05) is 17.9 Å². The number of carbonyl (C=O) groups is 1. The number of aromatic nitrogens is 2. The molecule has 1 amide bonds. The van der Waals surface area contributed by atoms with Crippen LogP contribution in [-0.2, 0) is 0 Å². The second kappa shape index (κ2) is 6.75. The molecule has 0 bridgehead atoms. The molecule has 1 saturated heterocycles. The van der Waals surface area contributed by atoms with Crippen LogP contribution < -0.4 is 4.90 Å². The van der Waals surface area contributed by atoms with Crippen LogP contribution in [0.15, 0.2) is 28.3 Å². The van der Waals surface area contributed by atoms with E-state index in [1.165, 1.54) is 0 Å². The second-order valence-electron chi connectivity index (χ2n) is 5.30. The molecule has 2 aromatic heterocycles. The summed E-state index contributed by atoms with van der Waals surface area (Å²) in [6.07, 6.45) is 4.26. The highest BCUT2D eigenvalue weighted by Crippen LogP contribution is 2.22. The third-order valence-electron chi connectivity index (χ3n) is 3.61. The van der Waals surface area contributed by atoms with E-state index in [4.69, 9.17) is 0 Å². The van der Waals surface area contributed by atoms with Gasteiger partial charge >= 0.3 is 0 Å². The van der Waals surface area contributed by atoms with Crippen LogP contribution in [0.1, 0.15) is 22.5 Å². The molecule has 5 nitrogen and oxygen atoms in total. The molecule has 0 saturated carbocycles. The van der Waals surface area contributed by atoms with Gasteiger partial charge in [-0.15, -0.1) is 11.3 Å². The van der Waals surface area contributed by atoms with Gasteiger partial charge in [0.25, 0.3) is 5.91 Å². The van der Waals surface area contributed by atoms with Crippen molar-refractivity contribution < 1.29 is 4.79 Å². The summed E-state index contributed by atoms with van der Waals surface area (Å²) in [7, 11) is 0. The van der Waals surface area contributed by atoms with E-state index in [0.717, 1.165) is 41.4 Å². The Hall–Kier alpha value is -1.47. The number of hydrogen-bond donors (Lipinski definition) is 0. The van der Waals surface area contributed by atoms with Crippen molar-refractivity contribution in [3.63, 3.8) is 0 Å². The van der Waals surface area contributed by atoms with Gasteiger partial charge in [0.1, 0.15) is 0 Å². The summed E-state index contributed by atoms with van der Waals surface area (Å²) in [4.78, 5) is 25.4. The summed E-state index contributed by atoms with van der Waals surface area (Å²) < 4.78 is 0.827. The quantitative estimate of drug-likeness (QED) is 0.803. The van der Waals surface area contributed by atoms with Crippen molar-refractivity contribution in [2.45, 2.75) is 13.3 Å². The van der Waals surface area contributed by atoms with Gasteiger partial charge in [-0.2, -0.15) is 0 Å². The van der Waals surface area contributed by atoms with Crippen molar-refractivity contribution in [2.75, 3.05) is 31.1 Å². The highest BCUT2D eigenvalue weighted by atomic mass is 79.9. The predicted molar refractivity (Wildman–Crippen MR) is 91.5 cm³/mol. The number of amides is 1. The van der Waals surface area contributed by atoms with Gasteiger partial charge in [-0.3, -0.25) is 9.78 Å². The number of pyridine rings is 1. The minimum absolute atomic E-state index is 0.0472. The molecular formula is C15H17BrN4OS. The van der Waals surface area contributed by atoms with Crippen molar-refractivity contribution in [3.05, 3.63) is 39.6 Å². The van der Waals surface area contributed by atoms with E-state index in [-0.39, 0.29) is 5.91 Å². The third kappa shape index (κ3) is 3.47. The van der Waals surface area contributed by atoms with E-state index < -0.39 is 0 Å². The summed E-state index contributed by atoms with van der Waals surface area (Å²) in [6, 6.07) is 1.82. The Bertz CT molecular complexity index is 675. The second-order valence-corrected chi connectivity index (χ2v) is 7.05. The molecule has 0 aliphatic carbocycles. The standard InChI is InChI=1S/C15H17BrN4OS/c1-11-10-22-15(18-11)20-4-2-3-19(5-6-20)14(21)12-7-13(16)9-17-8-12/h7-10H,2-6H2,1H3. The number of anilines is 1. The molecule has 0 unspecified atom stereocenters. The molecule has 1 aliphatic heterocycles. The fourth-order valence-corrected chi connectivity index (χ4v) is 3.73. The first kappa shape index (κ1) is 15.4. The molecular weight excluding hydrogens is 364 g/mol. The number of halogens is 1. The molecule has 0 spiro atoms. The summed E-state index contributed by atoms with van der Waals surface area (Å²) in [5, 5.41) is 3.12. The highest BCUT2D eigenvalue weighted by molar-refractivity contribution is 9.10. The molecule has 1 fully saturated rings. The average molecular weight is 381 g/mol. The van der Waals surface area contributed by atoms with Gasteiger partial charge in [-0.1, -0.05) is 0 Å². The molecule has 1 aliphatic rings. The SMILES string of the molecule is Cc1csc(N2CCCN(C(=O)c3cncc(Br)c3)CC2)n1. The number of aryl methyl sites for hydroxylation is 1. The Labute approximate surface area is 142 Å². The Morgan fingerprint density at radius 2 is 2.14 bits per heavy atom. The Morgan fingerprint density at radius 1 is 1.27 bits per heavy atom. The molecule has 116 valence electrons. The molecule has 0 aromatic carbocycles. The number of nitrogens with zero attached hydrogens (tertiary/aromatic N) is 4. The molecule has 3 rings (SSSR count). The van der Waals surface area contributed by atoms with Crippen LogP contribution in [0, 0.1) is 6.92 Å². The summed E-state index contributed by atoms with van der Waals surface area (Å²) in [5.41, 5.74) is 1.69. The summed E-state index contributed by atoms with van der Waals surface area (Å²) in [5.74, 6) is 0.0472. The Morgan fingerprint density at radius 3 is 2.86 bits per heavy atom. The average Bonchev–Trinajstić information content (AvgIpc) is 2.80. The van der Waals surface area contributed by atoms with Gasteiger partial charge < -0.3 is 9.80 Å². The van der Waals surface area contributed by atoms with Gasteiger partial charge in [0, 0.05) is 48.4 Å². The van der Waals surface area contributed by atoms with Crippen LogP contribution in [0.3, 0.4) is 0 Å². The topological polar surface area (TPSA) is 49.3 Å². The molecule has 22 heavy (non-hydrogen) atoms. The normalized spacial score (nSPS) is 15.7. The first-order chi connectivity index (χ1) is 10.6. The van der Waals surface area contributed by atoms with Gasteiger partial charge in [0.2, 0.25) is 0 Å². The lowest BCUT2D eigenvalue weighted by Crippen LogP contribution is -2.35. The lowest BCUT2D eigenvalue weighted by Gasteiger charge is -2.21. The maximum Gasteiger partial charge on any atom is 0.255 e. The van der Waals surface area contributed by atoms with Crippen LogP contribution in [0.2, 0.25) is 0 Å². The fraction of sp³-hybridized carbons (Fsp3) is 0.400. The van der Waals surface area contributed by atoms with E-state index in [2.05, 4.69) is 36.2 Å². The molecule has 2 aromatic rings. The van der Waals surface area contributed by atoms with E-state index in [0.29, 0.717) is 12.1 Å². The zero-order valence-corrected chi connectivity index (χ0v) is 14.7. The first-order valence-electron chi connectivity index (χ1n) is 7.20. The molecule has 0 atom stereocenters. The zero-order valence-electron chi connectivity index (χ0n) is 12.3. The fourth-order valence-electron chi connectivity index (χ4n) is 2.51. The number of hydrogen-bond acceptors (Lipinski definition) is 5. The molecule has 0 radical (unpaired) electrons. The van der Waals surface area contributed by atoms with Crippen LogP contribution in [0.4, 0.5) is 5.13 Å². The lowest BCUT2D eigenvalue weighted by molar-refractivity contribution is 0.0766. The van der Waals surface area contributed by atoms with E-state index >= 15 is 0 Å². The monoisotopic (exact) mass is 380 g/mol. The number of thiazole rings is 1. The van der Waals surface area contributed by atoms with Crippen LogP contribution in [0.25, 0.3) is 0 Å². The Kier molecular flexibility index (Phi) is 4.73. The van der Waals surface area contributed by atoms with Crippen LogP contribution in [-0.4, -0.2) is 47.0 Å². The number of carbonyl (C=O) groups excluding carboxylic acids is 1. The summed E-state index contributed by atoms with van der Waals surface area (Å²) >= 11 is 5.03. The van der Waals surface area contributed by atoms with Crippen molar-refractivity contribution in [2.24, 2.45) is 0 Å². The van der Waals surface area contributed by atoms with Crippen molar-refractivity contribution in [3.8, 4) is 0 Å². The predicted octanol–water partition coefficient (Wildman–Crippen LogP) is 2.96. The molecule has 7 heteroatoms. The lowest BCUT2D eigenvalue weighted by atomic mass is 10.2. The smallest absolute Gasteiger partial charge is 0.255 e. The largest absolute Gasteiger partial charge is 0.346 e. The zero-order chi connectivity index (χ0) is 15.5. The van der Waals surface area contributed by atoms with Crippen molar-refractivity contribution in [1.29, 1.82) is 0 Å². The maximum absolute atomic E-state index is 12.6. The third-order valence-corrected chi connectivity index (χ3v) is 5.07. The molecule has 0 N–H and O–H groups in total. The first-order valence-corrected chi connectivity index (χ1v) is 8.87. The van der Waals surface area contributed by atoms with Gasteiger partial charge in [0.05, 0.1) is 11.3 Å². The summed E-state index contributed by atoms with van der Waals surface area (Å²) in [6.45, 7) is 5.25. The van der Waals surface area contributed by atoms with Gasteiger partial charge in [0.15, 0.2) is 5.13 Å². The minimum atomic E-state index is 0.0472. The van der Waals surface area contributed by atoms with E-state index in [9.17, 15) is 4.79 Å².